The first-order chi connectivity index (χ1) is 7.86. The smallest absolute Gasteiger partial charge is 0.0690 e. The first-order valence-corrected chi connectivity index (χ1v) is 5.92. The summed E-state index contributed by atoms with van der Waals surface area (Å²) in [5.74, 6) is 0.678. The first kappa shape index (κ1) is 9.73. The van der Waals surface area contributed by atoms with Gasteiger partial charge in [-0.1, -0.05) is 12.1 Å². The number of fused-ring (bicyclic) bond motifs is 1. The van der Waals surface area contributed by atoms with Gasteiger partial charge >= 0.3 is 0 Å². The highest BCUT2D eigenvalue weighted by atomic mass is 14.9. The van der Waals surface area contributed by atoms with Crippen LogP contribution in [0.15, 0.2) is 24.4 Å². The van der Waals surface area contributed by atoms with Crippen LogP contribution in [0.3, 0.4) is 0 Å². The van der Waals surface area contributed by atoms with Gasteiger partial charge in [0.15, 0.2) is 0 Å². The van der Waals surface area contributed by atoms with Gasteiger partial charge in [-0.3, -0.25) is 0 Å². The normalized spacial score (nSPS) is 18.0. The molecule has 0 bridgehead atoms. The van der Waals surface area contributed by atoms with Gasteiger partial charge < -0.3 is 16.0 Å². The molecule has 84 valence electrons. The summed E-state index contributed by atoms with van der Waals surface area (Å²) in [5.41, 5.74) is 9.33. The van der Waals surface area contributed by atoms with E-state index >= 15 is 0 Å². The van der Waals surface area contributed by atoms with Crippen LogP contribution in [0.2, 0.25) is 0 Å². The van der Waals surface area contributed by atoms with E-state index in [1.807, 2.05) is 12.1 Å². The monoisotopic (exact) mass is 215 g/mol. The standard InChI is InChI=1S/C13H17N3/c14-12-3-1-2-10-11(8-16-13(10)12)9-4-6-15-7-5-9/h1-3,8-9,15-16H,4-7,14H2. The molecule has 0 amide bonds. The van der Waals surface area contributed by atoms with Crippen molar-refractivity contribution in [2.24, 2.45) is 0 Å². The Morgan fingerprint density at radius 3 is 2.81 bits per heavy atom. The molecule has 0 atom stereocenters. The Hall–Kier alpha value is -1.48. The number of nitrogens with two attached hydrogens (primary N) is 1. The Bertz CT molecular complexity index is 495. The third kappa shape index (κ3) is 1.48. The molecule has 1 aliphatic rings. The number of aromatic nitrogens is 1. The van der Waals surface area contributed by atoms with E-state index in [1.165, 1.54) is 23.8 Å². The molecule has 3 rings (SSSR count). The van der Waals surface area contributed by atoms with Crippen molar-refractivity contribution < 1.29 is 0 Å². The largest absolute Gasteiger partial charge is 0.397 e. The van der Waals surface area contributed by atoms with E-state index in [0.717, 1.165) is 24.3 Å². The van der Waals surface area contributed by atoms with Gasteiger partial charge in [0.05, 0.1) is 11.2 Å². The number of nitrogen functional groups attached to an aromatic ring is 1. The van der Waals surface area contributed by atoms with Gasteiger partial charge in [0.1, 0.15) is 0 Å². The highest BCUT2D eigenvalue weighted by Crippen LogP contribution is 2.33. The van der Waals surface area contributed by atoms with Crippen LogP contribution in [0, 0.1) is 0 Å². The Balaban J connectivity index is 2.06. The molecule has 1 aromatic heterocycles. The van der Waals surface area contributed by atoms with Crippen LogP contribution in [-0.4, -0.2) is 18.1 Å². The van der Waals surface area contributed by atoms with Gasteiger partial charge in [0.2, 0.25) is 0 Å². The first-order valence-electron chi connectivity index (χ1n) is 5.92. The molecule has 0 saturated carbocycles. The second kappa shape index (κ2) is 3.83. The van der Waals surface area contributed by atoms with Crippen molar-refractivity contribution in [1.82, 2.24) is 10.3 Å². The quantitative estimate of drug-likeness (QED) is 0.639. The third-order valence-electron chi connectivity index (χ3n) is 3.56. The summed E-state index contributed by atoms with van der Waals surface area (Å²) in [6, 6.07) is 6.15. The van der Waals surface area contributed by atoms with E-state index in [9.17, 15) is 0 Å². The van der Waals surface area contributed by atoms with Crippen LogP contribution in [0.1, 0.15) is 24.3 Å². The van der Waals surface area contributed by atoms with Gasteiger partial charge in [-0.15, -0.1) is 0 Å². The fraction of sp³-hybridized carbons (Fsp3) is 0.385. The minimum absolute atomic E-state index is 0.678. The molecule has 3 heteroatoms. The molecule has 1 fully saturated rings. The van der Waals surface area contributed by atoms with Crippen molar-refractivity contribution in [2.75, 3.05) is 18.8 Å². The van der Waals surface area contributed by atoms with Gasteiger partial charge in [-0.25, -0.2) is 0 Å². The maximum Gasteiger partial charge on any atom is 0.0690 e. The maximum atomic E-state index is 5.96. The second-order valence-electron chi connectivity index (χ2n) is 4.54. The highest BCUT2D eigenvalue weighted by molar-refractivity contribution is 5.92. The van der Waals surface area contributed by atoms with Gasteiger partial charge in [0.25, 0.3) is 0 Å². The number of benzene rings is 1. The number of anilines is 1. The van der Waals surface area contributed by atoms with Crippen LogP contribution < -0.4 is 11.1 Å². The molecule has 0 aliphatic carbocycles. The fourth-order valence-electron chi connectivity index (χ4n) is 2.67. The van der Waals surface area contributed by atoms with Crippen LogP contribution in [0.4, 0.5) is 5.69 Å². The number of rotatable bonds is 1. The van der Waals surface area contributed by atoms with Crippen molar-refractivity contribution >= 4 is 16.6 Å². The van der Waals surface area contributed by atoms with E-state index in [1.54, 1.807) is 0 Å². The Labute approximate surface area is 95.0 Å². The molecule has 4 N–H and O–H groups in total. The molecule has 1 aliphatic heterocycles. The number of piperidine rings is 1. The molecule has 0 radical (unpaired) electrons. The lowest BCUT2D eigenvalue weighted by molar-refractivity contribution is 0.462. The molecule has 0 spiro atoms. The molecule has 0 unspecified atom stereocenters. The van der Waals surface area contributed by atoms with Crippen molar-refractivity contribution in [3.63, 3.8) is 0 Å². The maximum absolute atomic E-state index is 5.96. The van der Waals surface area contributed by atoms with Crippen LogP contribution in [0.5, 0.6) is 0 Å². The van der Waals surface area contributed by atoms with Gasteiger partial charge in [-0.2, -0.15) is 0 Å². The highest BCUT2D eigenvalue weighted by Gasteiger charge is 2.18. The van der Waals surface area contributed by atoms with Crippen LogP contribution in [0.25, 0.3) is 10.9 Å². The average Bonchev–Trinajstić information content (AvgIpc) is 2.75. The summed E-state index contributed by atoms with van der Waals surface area (Å²) >= 11 is 0. The van der Waals surface area contributed by atoms with E-state index in [4.69, 9.17) is 5.73 Å². The van der Waals surface area contributed by atoms with Crippen LogP contribution in [-0.2, 0) is 0 Å². The lowest BCUT2D eigenvalue weighted by atomic mass is 9.90. The van der Waals surface area contributed by atoms with E-state index < -0.39 is 0 Å². The van der Waals surface area contributed by atoms with Crippen molar-refractivity contribution in [1.29, 1.82) is 0 Å². The zero-order valence-electron chi connectivity index (χ0n) is 9.29. The number of aromatic amines is 1. The molecule has 1 aromatic carbocycles. The Morgan fingerprint density at radius 2 is 2.00 bits per heavy atom. The Kier molecular flexibility index (Phi) is 2.33. The van der Waals surface area contributed by atoms with Gasteiger partial charge in [0, 0.05) is 11.6 Å². The number of nitrogens with one attached hydrogen (secondary N) is 2. The fourth-order valence-corrected chi connectivity index (χ4v) is 2.67. The topological polar surface area (TPSA) is 53.8 Å². The molecular weight excluding hydrogens is 198 g/mol. The van der Waals surface area contributed by atoms with Gasteiger partial charge in [-0.05, 0) is 43.5 Å². The second-order valence-corrected chi connectivity index (χ2v) is 4.54. The average molecular weight is 215 g/mol. The minimum atomic E-state index is 0.678. The summed E-state index contributed by atoms with van der Waals surface area (Å²) in [5, 5.41) is 4.70. The Morgan fingerprint density at radius 1 is 1.19 bits per heavy atom. The van der Waals surface area contributed by atoms with Crippen molar-refractivity contribution in [3.05, 3.63) is 30.0 Å². The summed E-state index contributed by atoms with van der Waals surface area (Å²) < 4.78 is 0. The predicted octanol–water partition coefficient (Wildman–Crippen LogP) is 2.22. The molecule has 3 nitrogen and oxygen atoms in total. The molecule has 2 heterocycles. The predicted molar refractivity (Wildman–Crippen MR) is 67.6 cm³/mol. The number of hydrogen-bond acceptors (Lipinski definition) is 2. The number of hydrogen-bond donors (Lipinski definition) is 3. The molecule has 2 aromatic rings. The molecule has 16 heavy (non-hydrogen) atoms. The van der Waals surface area contributed by atoms with E-state index in [-0.39, 0.29) is 0 Å². The summed E-state index contributed by atoms with van der Waals surface area (Å²) in [6.07, 6.45) is 4.58. The lowest BCUT2D eigenvalue weighted by Crippen LogP contribution is -2.26. The number of H-pyrrole nitrogens is 1. The van der Waals surface area contributed by atoms with Crippen LogP contribution >= 0.6 is 0 Å². The van der Waals surface area contributed by atoms with Crippen molar-refractivity contribution in [2.45, 2.75) is 18.8 Å². The number of para-hydroxylation sites is 1. The zero-order valence-corrected chi connectivity index (χ0v) is 9.29. The third-order valence-corrected chi connectivity index (χ3v) is 3.56. The summed E-state index contributed by atoms with van der Waals surface area (Å²) in [7, 11) is 0. The van der Waals surface area contributed by atoms with Crippen molar-refractivity contribution in [3.8, 4) is 0 Å². The van der Waals surface area contributed by atoms with E-state index in [0.29, 0.717) is 5.92 Å². The molecular formula is C13H17N3. The summed E-state index contributed by atoms with van der Waals surface area (Å²) in [6.45, 7) is 2.25. The minimum Gasteiger partial charge on any atom is -0.397 e. The zero-order chi connectivity index (χ0) is 11.0. The summed E-state index contributed by atoms with van der Waals surface area (Å²) in [4.78, 5) is 3.31. The lowest BCUT2D eigenvalue weighted by Gasteiger charge is -2.22. The molecule has 1 saturated heterocycles. The van der Waals surface area contributed by atoms with E-state index in [2.05, 4.69) is 22.6 Å². The SMILES string of the molecule is Nc1cccc2c(C3CCNCC3)c[nH]c12.